The number of nitrogens with zero attached hydrogens (tertiary/aromatic N) is 2. The molecule has 0 saturated carbocycles. The molecule has 0 bridgehead atoms. The van der Waals surface area contributed by atoms with Crippen LogP contribution in [0.5, 0.6) is 0 Å². The monoisotopic (exact) mass is 226 g/mol. The van der Waals surface area contributed by atoms with Crippen LogP contribution in [-0.4, -0.2) is 21.2 Å². The molecule has 15 heavy (non-hydrogen) atoms. The number of furan rings is 1. The van der Waals surface area contributed by atoms with E-state index < -0.39 is 5.97 Å². The van der Waals surface area contributed by atoms with Gasteiger partial charge in [0.15, 0.2) is 11.4 Å². The molecule has 0 aliphatic heterocycles. The van der Waals surface area contributed by atoms with Crippen molar-refractivity contribution in [3.63, 3.8) is 0 Å². The average molecular weight is 226 g/mol. The molecule has 78 valence electrons. The minimum Gasteiger partial charge on any atom is -0.475 e. The van der Waals surface area contributed by atoms with Crippen LogP contribution in [0.2, 0.25) is 0 Å². The molecule has 0 atom stereocenters. The van der Waals surface area contributed by atoms with Crippen molar-refractivity contribution < 1.29 is 18.8 Å². The molecule has 7 heteroatoms. The molecule has 0 radical (unpaired) electrons. The summed E-state index contributed by atoms with van der Waals surface area (Å²) in [7, 11) is 0. The molecule has 1 N–H and O–H groups in total. The van der Waals surface area contributed by atoms with Crippen molar-refractivity contribution in [3.05, 3.63) is 30.1 Å². The fourth-order valence-corrected chi connectivity index (χ4v) is 1.61. The molecule has 2 heterocycles. The Morgan fingerprint density at radius 2 is 2.40 bits per heavy atom. The van der Waals surface area contributed by atoms with Crippen molar-refractivity contribution >= 4 is 17.7 Å². The van der Waals surface area contributed by atoms with E-state index in [-0.39, 0.29) is 5.76 Å². The molecule has 0 aliphatic carbocycles. The van der Waals surface area contributed by atoms with Crippen molar-refractivity contribution in [3.8, 4) is 0 Å². The fourth-order valence-electron chi connectivity index (χ4n) is 0.905. The Balaban J connectivity index is 1.96. The van der Waals surface area contributed by atoms with Crippen LogP contribution in [0.25, 0.3) is 0 Å². The molecule has 0 aromatic carbocycles. The van der Waals surface area contributed by atoms with Crippen molar-refractivity contribution in [2.75, 3.05) is 0 Å². The smallest absolute Gasteiger partial charge is 0.371 e. The van der Waals surface area contributed by atoms with Gasteiger partial charge in [0.2, 0.25) is 11.7 Å². The number of aromatic carboxylic acids is 1. The van der Waals surface area contributed by atoms with Crippen molar-refractivity contribution in [2.24, 2.45) is 0 Å². The van der Waals surface area contributed by atoms with Gasteiger partial charge in [0.25, 0.3) is 0 Å². The largest absolute Gasteiger partial charge is 0.475 e. The molecule has 0 amide bonds. The Morgan fingerprint density at radius 1 is 1.53 bits per heavy atom. The van der Waals surface area contributed by atoms with Crippen molar-refractivity contribution in [2.45, 2.75) is 10.8 Å². The molecule has 0 unspecified atom stereocenters. The Bertz CT molecular complexity index is 451. The number of aromatic nitrogens is 2. The predicted molar refractivity (Wildman–Crippen MR) is 49.5 cm³/mol. The first-order valence-electron chi connectivity index (χ1n) is 3.97. The summed E-state index contributed by atoms with van der Waals surface area (Å²) >= 11 is 1.29. The number of hydrogen-bond donors (Lipinski definition) is 1. The van der Waals surface area contributed by atoms with E-state index in [1.807, 2.05) is 0 Å². The number of hydrogen-bond acceptors (Lipinski definition) is 6. The Hall–Kier alpha value is -1.76. The number of carbonyl (C=O) groups is 1. The van der Waals surface area contributed by atoms with Crippen molar-refractivity contribution in [1.82, 2.24) is 10.1 Å². The Labute approximate surface area is 88.3 Å². The van der Waals surface area contributed by atoms with Crippen LogP contribution in [-0.2, 0) is 5.75 Å². The summed E-state index contributed by atoms with van der Waals surface area (Å²) in [6.45, 7) is 0. The quantitative estimate of drug-likeness (QED) is 0.792. The maximum absolute atomic E-state index is 10.5. The molecule has 2 aromatic heterocycles. The first-order chi connectivity index (χ1) is 7.25. The van der Waals surface area contributed by atoms with E-state index in [1.54, 1.807) is 6.07 Å². The number of thioether (sulfide) groups is 1. The van der Waals surface area contributed by atoms with E-state index in [4.69, 9.17) is 14.0 Å². The lowest BCUT2D eigenvalue weighted by molar-refractivity contribution is 0.0656. The average Bonchev–Trinajstić information content (AvgIpc) is 2.86. The highest BCUT2D eigenvalue weighted by Gasteiger charge is 2.10. The zero-order valence-corrected chi connectivity index (χ0v) is 8.23. The highest BCUT2D eigenvalue weighted by atomic mass is 32.2. The van der Waals surface area contributed by atoms with Crippen LogP contribution >= 0.6 is 11.8 Å². The van der Waals surface area contributed by atoms with E-state index in [0.717, 1.165) is 0 Å². The zero-order valence-electron chi connectivity index (χ0n) is 7.41. The third-order valence-corrected chi connectivity index (χ3v) is 2.43. The van der Waals surface area contributed by atoms with Crippen LogP contribution in [0.4, 0.5) is 0 Å². The maximum Gasteiger partial charge on any atom is 0.371 e. The second kappa shape index (κ2) is 4.18. The normalized spacial score (nSPS) is 10.4. The van der Waals surface area contributed by atoms with E-state index in [1.165, 1.54) is 24.2 Å². The van der Waals surface area contributed by atoms with Crippen LogP contribution in [0.1, 0.15) is 16.4 Å². The molecule has 0 saturated heterocycles. The van der Waals surface area contributed by atoms with Gasteiger partial charge in [-0.3, -0.25) is 0 Å². The van der Waals surface area contributed by atoms with E-state index in [9.17, 15) is 4.79 Å². The molecule has 2 rings (SSSR count). The van der Waals surface area contributed by atoms with Gasteiger partial charge >= 0.3 is 5.97 Å². The first-order valence-corrected chi connectivity index (χ1v) is 4.96. The third-order valence-electron chi connectivity index (χ3n) is 1.54. The summed E-state index contributed by atoms with van der Waals surface area (Å²) in [4.78, 5) is 14.3. The maximum atomic E-state index is 10.5. The van der Waals surface area contributed by atoms with Crippen LogP contribution in [0, 0.1) is 0 Å². The highest BCUT2D eigenvalue weighted by molar-refractivity contribution is 7.98. The van der Waals surface area contributed by atoms with Crippen LogP contribution in [0.15, 0.2) is 32.5 Å². The van der Waals surface area contributed by atoms with E-state index in [2.05, 4.69) is 10.1 Å². The lowest BCUT2D eigenvalue weighted by atomic mass is 10.5. The number of carboxylic acid groups (broad SMARTS) is 1. The summed E-state index contributed by atoms with van der Waals surface area (Å²) in [6.07, 6.45) is 1.31. The Morgan fingerprint density at radius 3 is 3.00 bits per heavy atom. The van der Waals surface area contributed by atoms with Gasteiger partial charge in [-0.05, 0) is 12.1 Å². The second-order valence-corrected chi connectivity index (χ2v) is 3.53. The van der Waals surface area contributed by atoms with Gasteiger partial charge in [-0.15, -0.1) is 0 Å². The SMILES string of the molecule is O=C(O)c1ccc(SCc2ncno2)o1. The van der Waals surface area contributed by atoms with Gasteiger partial charge in [0.05, 0.1) is 5.75 Å². The summed E-state index contributed by atoms with van der Waals surface area (Å²) < 4.78 is 9.79. The second-order valence-electron chi connectivity index (χ2n) is 2.55. The lowest BCUT2D eigenvalue weighted by Crippen LogP contribution is -1.91. The highest BCUT2D eigenvalue weighted by Crippen LogP contribution is 2.23. The van der Waals surface area contributed by atoms with Gasteiger partial charge in [0.1, 0.15) is 0 Å². The lowest BCUT2D eigenvalue weighted by Gasteiger charge is -1.91. The first kappa shape index (κ1) is 9.78. The third kappa shape index (κ3) is 2.38. The fraction of sp³-hybridized carbons (Fsp3) is 0.125. The summed E-state index contributed by atoms with van der Waals surface area (Å²) in [5.41, 5.74) is 0. The van der Waals surface area contributed by atoms with Gasteiger partial charge in [-0.25, -0.2) is 4.79 Å². The summed E-state index contributed by atoms with van der Waals surface area (Å²) in [5.74, 6) is -0.247. The predicted octanol–water partition coefficient (Wildman–Crippen LogP) is 1.65. The van der Waals surface area contributed by atoms with Gasteiger partial charge in [-0.2, -0.15) is 4.98 Å². The zero-order chi connectivity index (χ0) is 10.7. The molecule has 2 aromatic rings. The van der Waals surface area contributed by atoms with Gasteiger partial charge in [0, 0.05) is 0 Å². The molecular formula is C8H6N2O4S. The van der Waals surface area contributed by atoms with Crippen LogP contribution in [0.3, 0.4) is 0 Å². The molecule has 0 spiro atoms. The van der Waals surface area contributed by atoms with Gasteiger partial charge in [-0.1, -0.05) is 16.9 Å². The number of carboxylic acids is 1. The van der Waals surface area contributed by atoms with Crippen molar-refractivity contribution in [1.29, 1.82) is 0 Å². The topological polar surface area (TPSA) is 89.4 Å². The van der Waals surface area contributed by atoms with Crippen LogP contribution < -0.4 is 0 Å². The minimum absolute atomic E-state index is 0.0805. The van der Waals surface area contributed by atoms with E-state index >= 15 is 0 Å². The minimum atomic E-state index is -1.08. The Kier molecular flexibility index (Phi) is 2.72. The van der Waals surface area contributed by atoms with Gasteiger partial charge < -0.3 is 14.0 Å². The standard InChI is InChI=1S/C8H6N2O4S/c11-8(12)5-1-2-7(13-5)15-3-6-9-4-10-14-6/h1-2,4H,3H2,(H,11,12). The summed E-state index contributed by atoms with van der Waals surface area (Å²) in [5, 5.41) is 12.6. The molecular weight excluding hydrogens is 220 g/mol. The molecule has 6 nitrogen and oxygen atoms in total. The van der Waals surface area contributed by atoms with E-state index in [0.29, 0.717) is 16.7 Å². The summed E-state index contributed by atoms with van der Waals surface area (Å²) in [6, 6.07) is 2.99. The molecule has 0 aliphatic rings. The number of rotatable bonds is 4. The molecule has 0 fully saturated rings.